The molecule has 0 saturated carbocycles. The molecule has 6 nitrogen and oxygen atoms in total. The van der Waals surface area contributed by atoms with Crippen molar-refractivity contribution in [3.8, 4) is 0 Å². The highest BCUT2D eigenvalue weighted by Crippen LogP contribution is 2.17. The molecule has 0 aliphatic carbocycles. The van der Waals surface area contributed by atoms with Gasteiger partial charge >= 0.3 is 0 Å². The Hall–Kier alpha value is -2.41. The number of thiophene rings is 1. The molecule has 3 heterocycles. The molecule has 23 heavy (non-hydrogen) atoms. The summed E-state index contributed by atoms with van der Waals surface area (Å²) in [4.78, 5) is 13.5. The van der Waals surface area contributed by atoms with E-state index in [1.165, 1.54) is 0 Å². The van der Waals surface area contributed by atoms with Crippen LogP contribution in [0.1, 0.15) is 38.1 Å². The highest BCUT2D eigenvalue weighted by Gasteiger charge is 2.20. The van der Waals surface area contributed by atoms with Gasteiger partial charge in [-0.1, -0.05) is 11.2 Å². The molecule has 3 aromatic heterocycles. The molecule has 0 spiro atoms. The van der Waals surface area contributed by atoms with Gasteiger partial charge in [0.1, 0.15) is 5.76 Å². The molecule has 3 rings (SSSR count). The number of carbonyl (C=O) groups excluding carboxylic acids is 1. The molecule has 0 fully saturated rings. The lowest BCUT2D eigenvalue weighted by Crippen LogP contribution is -2.24. The summed E-state index contributed by atoms with van der Waals surface area (Å²) >= 11 is 1.60. The number of hydrogen-bond donors (Lipinski definition) is 1. The molecule has 7 heteroatoms. The van der Waals surface area contributed by atoms with Crippen LogP contribution in [0.3, 0.4) is 0 Å². The monoisotopic (exact) mass is 330 g/mol. The predicted molar refractivity (Wildman–Crippen MR) is 87.5 cm³/mol. The molecule has 0 radical (unpaired) electrons. The number of aromatic nitrogens is 3. The van der Waals surface area contributed by atoms with Crippen LogP contribution in [-0.4, -0.2) is 20.8 Å². The predicted octanol–water partition coefficient (Wildman–Crippen LogP) is 2.84. The van der Waals surface area contributed by atoms with E-state index in [2.05, 4.69) is 15.6 Å². The lowest BCUT2D eigenvalue weighted by atomic mass is 10.2. The van der Waals surface area contributed by atoms with Crippen LogP contribution in [0, 0.1) is 20.8 Å². The zero-order valence-electron chi connectivity index (χ0n) is 13.3. The van der Waals surface area contributed by atoms with Gasteiger partial charge in [0.15, 0.2) is 5.69 Å². The zero-order valence-corrected chi connectivity index (χ0v) is 14.1. The highest BCUT2D eigenvalue weighted by molar-refractivity contribution is 7.09. The molecule has 1 amide bonds. The van der Waals surface area contributed by atoms with E-state index in [4.69, 9.17) is 4.52 Å². The fourth-order valence-electron chi connectivity index (χ4n) is 2.40. The summed E-state index contributed by atoms with van der Waals surface area (Å²) in [6.07, 6.45) is 0. The van der Waals surface area contributed by atoms with Gasteiger partial charge in [0.25, 0.3) is 5.91 Å². The van der Waals surface area contributed by atoms with Crippen LogP contribution in [0.5, 0.6) is 0 Å². The normalized spacial score (nSPS) is 10.9. The second-order valence-corrected chi connectivity index (χ2v) is 6.44. The molecule has 3 aromatic rings. The number of nitrogens with zero attached hydrogens (tertiary/aromatic N) is 3. The fourth-order valence-corrected chi connectivity index (χ4v) is 3.05. The third kappa shape index (κ3) is 3.34. The van der Waals surface area contributed by atoms with E-state index in [9.17, 15) is 4.79 Å². The second kappa shape index (κ2) is 6.37. The minimum atomic E-state index is -0.230. The minimum absolute atomic E-state index is 0.230. The highest BCUT2D eigenvalue weighted by atomic mass is 32.1. The van der Waals surface area contributed by atoms with Crippen molar-refractivity contribution in [2.45, 2.75) is 33.9 Å². The summed E-state index contributed by atoms with van der Waals surface area (Å²) in [6.45, 7) is 6.70. The molecule has 120 valence electrons. The number of rotatable bonds is 5. The fraction of sp³-hybridized carbons (Fsp3) is 0.312. The minimum Gasteiger partial charge on any atom is -0.361 e. The van der Waals surface area contributed by atoms with E-state index in [-0.39, 0.29) is 5.91 Å². The molecule has 0 aliphatic heterocycles. The third-order valence-electron chi connectivity index (χ3n) is 3.61. The van der Waals surface area contributed by atoms with Crippen LogP contribution in [0.25, 0.3) is 0 Å². The Morgan fingerprint density at radius 3 is 2.87 bits per heavy atom. The zero-order chi connectivity index (χ0) is 16.4. The van der Waals surface area contributed by atoms with E-state index >= 15 is 0 Å². The van der Waals surface area contributed by atoms with Gasteiger partial charge in [-0.2, -0.15) is 5.10 Å². The summed E-state index contributed by atoms with van der Waals surface area (Å²) in [7, 11) is 0. The van der Waals surface area contributed by atoms with Gasteiger partial charge in [0, 0.05) is 16.1 Å². The number of aryl methyl sites for hydroxylation is 3. The average Bonchev–Trinajstić information content (AvgIpc) is 3.21. The van der Waals surface area contributed by atoms with Gasteiger partial charge in [-0.05, 0) is 38.3 Å². The van der Waals surface area contributed by atoms with Crippen LogP contribution in [-0.2, 0) is 13.1 Å². The van der Waals surface area contributed by atoms with Gasteiger partial charge in [-0.3, -0.25) is 9.48 Å². The Kier molecular flexibility index (Phi) is 4.29. The van der Waals surface area contributed by atoms with Gasteiger partial charge in [-0.15, -0.1) is 11.3 Å². The van der Waals surface area contributed by atoms with Crippen molar-refractivity contribution < 1.29 is 9.32 Å². The SMILES string of the molecule is Cc1cc(C)n(Cc2c(C(=O)NCc3cccs3)noc2C)n1. The van der Waals surface area contributed by atoms with Crippen molar-refractivity contribution in [2.24, 2.45) is 0 Å². The Morgan fingerprint density at radius 2 is 2.22 bits per heavy atom. The van der Waals surface area contributed by atoms with Crippen LogP contribution in [0.2, 0.25) is 0 Å². The van der Waals surface area contributed by atoms with Crippen molar-refractivity contribution in [3.63, 3.8) is 0 Å². The van der Waals surface area contributed by atoms with Crippen LogP contribution in [0.15, 0.2) is 28.1 Å². The Morgan fingerprint density at radius 1 is 1.39 bits per heavy atom. The Balaban J connectivity index is 1.78. The first-order valence-corrected chi connectivity index (χ1v) is 8.19. The maximum absolute atomic E-state index is 12.4. The van der Waals surface area contributed by atoms with Gasteiger partial charge in [-0.25, -0.2) is 0 Å². The van der Waals surface area contributed by atoms with Crippen LogP contribution < -0.4 is 5.32 Å². The van der Waals surface area contributed by atoms with Crippen molar-refractivity contribution in [1.29, 1.82) is 0 Å². The molecule has 1 N–H and O–H groups in total. The second-order valence-electron chi connectivity index (χ2n) is 5.41. The maximum atomic E-state index is 12.4. The lowest BCUT2D eigenvalue weighted by molar-refractivity contribution is 0.0941. The molecule has 0 unspecified atom stereocenters. The molecule has 0 aromatic carbocycles. The average molecular weight is 330 g/mol. The van der Waals surface area contributed by atoms with E-state index < -0.39 is 0 Å². The number of nitrogens with one attached hydrogen (secondary N) is 1. The summed E-state index contributed by atoms with van der Waals surface area (Å²) in [5.74, 6) is 0.408. The van der Waals surface area contributed by atoms with Gasteiger partial charge in [0.05, 0.1) is 18.8 Å². The third-order valence-corrected chi connectivity index (χ3v) is 4.49. The lowest BCUT2D eigenvalue weighted by Gasteiger charge is -2.06. The van der Waals surface area contributed by atoms with E-state index in [0.29, 0.717) is 24.5 Å². The van der Waals surface area contributed by atoms with Crippen molar-refractivity contribution >= 4 is 17.2 Å². The van der Waals surface area contributed by atoms with Gasteiger partial charge in [0.2, 0.25) is 0 Å². The summed E-state index contributed by atoms with van der Waals surface area (Å²) in [5.41, 5.74) is 3.07. The molecular weight excluding hydrogens is 312 g/mol. The van der Waals surface area contributed by atoms with E-state index in [1.54, 1.807) is 11.3 Å². The first-order chi connectivity index (χ1) is 11.0. The first-order valence-electron chi connectivity index (χ1n) is 7.31. The Labute approximate surface area is 138 Å². The van der Waals surface area contributed by atoms with Crippen LogP contribution in [0.4, 0.5) is 0 Å². The standard InChI is InChI=1S/C16H18N4O2S/c1-10-7-11(2)20(18-10)9-14-12(3)22-19-15(14)16(21)17-8-13-5-4-6-23-13/h4-7H,8-9H2,1-3H3,(H,17,21). The van der Waals surface area contributed by atoms with Crippen molar-refractivity contribution in [3.05, 3.63) is 56.9 Å². The van der Waals surface area contributed by atoms with Crippen LogP contribution >= 0.6 is 11.3 Å². The summed E-state index contributed by atoms with van der Waals surface area (Å²) in [5, 5.41) is 13.2. The van der Waals surface area contributed by atoms with E-state index in [0.717, 1.165) is 21.8 Å². The van der Waals surface area contributed by atoms with Gasteiger partial charge < -0.3 is 9.84 Å². The molecule has 0 bridgehead atoms. The number of hydrogen-bond acceptors (Lipinski definition) is 5. The quantitative estimate of drug-likeness (QED) is 0.781. The van der Waals surface area contributed by atoms with Crippen molar-refractivity contribution in [2.75, 3.05) is 0 Å². The topological polar surface area (TPSA) is 73.0 Å². The smallest absolute Gasteiger partial charge is 0.274 e. The molecule has 0 aliphatic rings. The largest absolute Gasteiger partial charge is 0.361 e. The molecular formula is C16H18N4O2S. The van der Waals surface area contributed by atoms with E-state index in [1.807, 2.05) is 49.0 Å². The number of carbonyl (C=O) groups is 1. The first kappa shape index (κ1) is 15.5. The number of amides is 1. The molecule has 0 saturated heterocycles. The maximum Gasteiger partial charge on any atom is 0.274 e. The summed E-state index contributed by atoms with van der Waals surface area (Å²) in [6, 6.07) is 5.94. The van der Waals surface area contributed by atoms with Crippen molar-refractivity contribution in [1.82, 2.24) is 20.3 Å². The Bertz CT molecular complexity index is 817. The summed E-state index contributed by atoms with van der Waals surface area (Å²) < 4.78 is 7.08. The molecule has 0 atom stereocenters.